The monoisotopic (exact) mass is 257 g/mol. The van der Waals surface area contributed by atoms with E-state index < -0.39 is 0 Å². The summed E-state index contributed by atoms with van der Waals surface area (Å²) in [5.41, 5.74) is 8.22. The van der Waals surface area contributed by atoms with Crippen molar-refractivity contribution in [3.63, 3.8) is 0 Å². The lowest BCUT2D eigenvalue weighted by Crippen LogP contribution is -2.19. The van der Waals surface area contributed by atoms with Gasteiger partial charge in [-0.15, -0.1) is 0 Å². The largest absolute Gasteiger partial charge is 0.508 e. The summed E-state index contributed by atoms with van der Waals surface area (Å²) in [4.78, 5) is 0. The maximum absolute atomic E-state index is 9.38. The Bertz CT molecular complexity index is 540. The second-order valence-electron chi connectivity index (χ2n) is 4.66. The van der Waals surface area contributed by atoms with Gasteiger partial charge in [-0.05, 0) is 24.6 Å². The Balaban J connectivity index is 2.04. The van der Waals surface area contributed by atoms with E-state index in [1.165, 1.54) is 11.1 Å². The molecule has 0 saturated heterocycles. The lowest BCUT2D eigenvalue weighted by molar-refractivity contribution is 0.289. The molecule has 0 heterocycles. The Morgan fingerprint density at radius 2 is 1.95 bits per heavy atom. The summed E-state index contributed by atoms with van der Waals surface area (Å²) >= 11 is 0. The summed E-state index contributed by atoms with van der Waals surface area (Å²) in [6.07, 6.45) is 0. The molecular weight excluding hydrogens is 238 g/mol. The molecule has 2 rings (SSSR count). The van der Waals surface area contributed by atoms with Gasteiger partial charge in [-0.3, -0.25) is 0 Å². The minimum atomic E-state index is 0.155. The van der Waals surface area contributed by atoms with Crippen LogP contribution in [0.4, 0.5) is 0 Å². The first-order valence-corrected chi connectivity index (χ1v) is 6.37. The van der Waals surface area contributed by atoms with Crippen LogP contribution in [0.5, 0.6) is 11.5 Å². The summed E-state index contributed by atoms with van der Waals surface area (Å²) < 4.78 is 5.69. The predicted molar refractivity (Wildman–Crippen MR) is 76.6 cm³/mol. The Kier molecular flexibility index (Phi) is 4.42. The molecule has 1 unspecified atom stereocenters. The van der Waals surface area contributed by atoms with Gasteiger partial charge in [0, 0.05) is 18.5 Å². The first-order valence-electron chi connectivity index (χ1n) is 6.37. The highest BCUT2D eigenvalue weighted by Crippen LogP contribution is 2.21. The van der Waals surface area contributed by atoms with Crippen LogP contribution in [0.25, 0.3) is 0 Å². The van der Waals surface area contributed by atoms with E-state index in [1.807, 2.05) is 12.1 Å². The summed E-state index contributed by atoms with van der Waals surface area (Å²) in [5.74, 6) is 1.02. The molecule has 3 nitrogen and oxygen atoms in total. The van der Waals surface area contributed by atoms with E-state index in [4.69, 9.17) is 10.5 Å². The lowest BCUT2D eigenvalue weighted by atomic mass is 9.98. The number of hydrogen-bond acceptors (Lipinski definition) is 3. The van der Waals surface area contributed by atoms with Crippen LogP contribution in [0, 0.1) is 6.92 Å². The number of aryl methyl sites for hydroxylation is 1. The van der Waals surface area contributed by atoms with Gasteiger partial charge < -0.3 is 15.6 Å². The second kappa shape index (κ2) is 6.25. The van der Waals surface area contributed by atoms with E-state index in [9.17, 15) is 5.11 Å². The zero-order valence-corrected chi connectivity index (χ0v) is 11.0. The number of phenolic OH excluding ortho intramolecular Hbond substituents is 1. The molecule has 0 spiro atoms. The quantitative estimate of drug-likeness (QED) is 0.866. The maximum Gasteiger partial charge on any atom is 0.123 e. The van der Waals surface area contributed by atoms with Gasteiger partial charge in [-0.2, -0.15) is 0 Å². The molecule has 0 aliphatic rings. The van der Waals surface area contributed by atoms with Gasteiger partial charge >= 0.3 is 0 Å². The van der Waals surface area contributed by atoms with E-state index in [0.717, 1.165) is 0 Å². The van der Waals surface area contributed by atoms with Crippen LogP contribution < -0.4 is 10.5 Å². The molecule has 0 amide bonds. The molecule has 0 radical (unpaired) electrons. The topological polar surface area (TPSA) is 55.5 Å². The number of ether oxygens (including phenoxy) is 1. The van der Waals surface area contributed by atoms with Gasteiger partial charge in [-0.1, -0.05) is 35.9 Å². The molecule has 2 aromatic carbocycles. The molecule has 0 aromatic heterocycles. The summed E-state index contributed by atoms with van der Waals surface area (Å²) in [6, 6.07) is 15.1. The van der Waals surface area contributed by atoms with Gasteiger partial charge in [0.25, 0.3) is 0 Å². The van der Waals surface area contributed by atoms with Crippen molar-refractivity contribution in [3.05, 3.63) is 59.7 Å². The van der Waals surface area contributed by atoms with Crippen molar-refractivity contribution in [2.24, 2.45) is 5.73 Å². The number of aromatic hydroxyl groups is 1. The number of benzene rings is 2. The normalized spacial score (nSPS) is 12.1. The zero-order valence-electron chi connectivity index (χ0n) is 11.0. The van der Waals surface area contributed by atoms with Crippen LogP contribution in [-0.4, -0.2) is 18.3 Å². The Hall–Kier alpha value is -2.00. The third-order valence-corrected chi connectivity index (χ3v) is 3.07. The molecule has 1 atom stereocenters. The standard InChI is InChI=1S/C16H19NO2/c1-12-4-2-5-13(8-12)14(10-17)11-19-16-7-3-6-15(18)9-16/h2-9,14,18H,10-11,17H2,1H3. The third kappa shape index (κ3) is 3.73. The van der Waals surface area contributed by atoms with Crippen LogP contribution in [0.15, 0.2) is 48.5 Å². The highest BCUT2D eigenvalue weighted by Gasteiger charge is 2.11. The molecule has 0 aliphatic heterocycles. The van der Waals surface area contributed by atoms with Gasteiger partial charge in [0.05, 0.1) is 6.61 Å². The molecule has 3 heteroatoms. The summed E-state index contributed by atoms with van der Waals surface area (Å²) in [5, 5.41) is 9.38. The average Bonchev–Trinajstić information content (AvgIpc) is 2.40. The SMILES string of the molecule is Cc1cccc(C(CN)COc2cccc(O)c2)c1. The van der Waals surface area contributed by atoms with Crippen molar-refractivity contribution < 1.29 is 9.84 Å². The van der Waals surface area contributed by atoms with Crippen molar-refractivity contribution in [2.75, 3.05) is 13.2 Å². The average molecular weight is 257 g/mol. The van der Waals surface area contributed by atoms with Crippen LogP contribution >= 0.6 is 0 Å². The summed E-state index contributed by atoms with van der Waals surface area (Å²) in [7, 11) is 0. The van der Waals surface area contributed by atoms with Gasteiger partial charge in [0.2, 0.25) is 0 Å². The number of phenols is 1. The van der Waals surface area contributed by atoms with E-state index in [-0.39, 0.29) is 11.7 Å². The molecule has 0 bridgehead atoms. The van der Waals surface area contributed by atoms with E-state index in [0.29, 0.717) is 18.9 Å². The molecular formula is C16H19NO2. The van der Waals surface area contributed by atoms with Crippen LogP contribution in [0.1, 0.15) is 17.0 Å². The van der Waals surface area contributed by atoms with E-state index in [1.54, 1.807) is 18.2 Å². The molecule has 100 valence electrons. The third-order valence-electron chi connectivity index (χ3n) is 3.07. The van der Waals surface area contributed by atoms with Crippen molar-refractivity contribution in [1.82, 2.24) is 0 Å². The Labute approximate surface area is 113 Å². The highest BCUT2D eigenvalue weighted by atomic mass is 16.5. The van der Waals surface area contributed by atoms with Crippen molar-refractivity contribution in [3.8, 4) is 11.5 Å². The number of nitrogens with two attached hydrogens (primary N) is 1. The highest BCUT2D eigenvalue weighted by molar-refractivity contribution is 5.32. The molecule has 2 aromatic rings. The fraction of sp³-hybridized carbons (Fsp3) is 0.250. The van der Waals surface area contributed by atoms with E-state index in [2.05, 4.69) is 25.1 Å². The summed E-state index contributed by atoms with van der Waals surface area (Å²) in [6.45, 7) is 3.10. The second-order valence-corrected chi connectivity index (χ2v) is 4.66. The Morgan fingerprint density at radius 1 is 1.16 bits per heavy atom. The van der Waals surface area contributed by atoms with Crippen molar-refractivity contribution in [1.29, 1.82) is 0 Å². The van der Waals surface area contributed by atoms with Crippen LogP contribution in [0.2, 0.25) is 0 Å². The minimum Gasteiger partial charge on any atom is -0.508 e. The van der Waals surface area contributed by atoms with Crippen molar-refractivity contribution >= 4 is 0 Å². The first kappa shape index (κ1) is 13.4. The smallest absolute Gasteiger partial charge is 0.123 e. The van der Waals surface area contributed by atoms with Crippen LogP contribution in [-0.2, 0) is 0 Å². The zero-order chi connectivity index (χ0) is 13.7. The lowest BCUT2D eigenvalue weighted by Gasteiger charge is -2.17. The fourth-order valence-electron chi connectivity index (χ4n) is 1.99. The van der Waals surface area contributed by atoms with Crippen molar-refractivity contribution in [2.45, 2.75) is 12.8 Å². The van der Waals surface area contributed by atoms with Gasteiger partial charge in [-0.25, -0.2) is 0 Å². The van der Waals surface area contributed by atoms with E-state index >= 15 is 0 Å². The first-order chi connectivity index (χ1) is 9.19. The van der Waals surface area contributed by atoms with Gasteiger partial charge in [0.1, 0.15) is 11.5 Å². The molecule has 0 fully saturated rings. The maximum atomic E-state index is 9.38. The Morgan fingerprint density at radius 3 is 2.63 bits per heavy atom. The molecule has 0 saturated carbocycles. The van der Waals surface area contributed by atoms with Gasteiger partial charge in [0.15, 0.2) is 0 Å². The molecule has 0 aliphatic carbocycles. The number of hydrogen-bond donors (Lipinski definition) is 2. The molecule has 3 N–H and O–H groups in total. The predicted octanol–water partition coefficient (Wildman–Crippen LogP) is 2.82. The van der Waals surface area contributed by atoms with Crippen LogP contribution in [0.3, 0.4) is 0 Å². The fourth-order valence-corrected chi connectivity index (χ4v) is 1.99. The minimum absolute atomic E-state index is 0.155. The number of rotatable bonds is 5. The molecule has 19 heavy (non-hydrogen) atoms.